The molecule has 2 amide bonds. The van der Waals surface area contributed by atoms with Crippen molar-refractivity contribution in [2.75, 3.05) is 6.61 Å². The number of hydrogen-bond acceptors (Lipinski definition) is 4. The number of hydrogen-bond donors (Lipinski definition) is 3. The Morgan fingerprint density at radius 3 is 2.24 bits per heavy atom. The van der Waals surface area contributed by atoms with Crippen LogP contribution in [0, 0.1) is 5.92 Å². The topological polar surface area (TPSA) is 105 Å². The summed E-state index contributed by atoms with van der Waals surface area (Å²) in [4.78, 5) is 36.0. The van der Waals surface area contributed by atoms with Crippen molar-refractivity contribution >= 4 is 18.0 Å². The molecular formula is C27H32N2O5. The number of amides is 2. The van der Waals surface area contributed by atoms with Crippen LogP contribution in [0.15, 0.2) is 48.5 Å². The van der Waals surface area contributed by atoms with E-state index in [0.717, 1.165) is 0 Å². The van der Waals surface area contributed by atoms with Crippen LogP contribution in [0.5, 0.6) is 0 Å². The molecule has 7 heteroatoms. The van der Waals surface area contributed by atoms with Gasteiger partial charge in [-0.1, -0.05) is 48.5 Å². The average molecular weight is 465 g/mol. The Kier molecular flexibility index (Phi) is 6.91. The van der Waals surface area contributed by atoms with Gasteiger partial charge in [-0.25, -0.2) is 4.79 Å². The molecule has 4 rings (SSSR count). The number of rotatable bonds is 8. The van der Waals surface area contributed by atoms with Crippen LogP contribution in [0.2, 0.25) is 0 Å². The van der Waals surface area contributed by atoms with E-state index in [4.69, 9.17) is 9.84 Å². The van der Waals surface area contributed by atoms with E-state index >= 15 is 0 Å². The second-order valence-electron chi connectivity index (χ2n) is 9.94. The molecule has 2 aromatic carbocycles. The first-order valence-corrected chi connectivity index (χ1v) is 11.9. The molecule has 0 radical (unpaired) electrons. The van der Waals surface area contributed by atoms with Crippen LogP contribution in [0.1, 0.15) is 63.0 Å². The Morgan fingerprint density at radius 2 is 1.62 bits per heavy atom. The zero-order chi connectivity index (χ0) is 24.3. The number of carboxylic acid groups (broad SMARTS) is 1. The lowest BCUT2D eigenvalue weighted by Gasteiger charge is -2.27. The van der Waals surface area contributed by atoms with Gasteiger partial charge in [0, 0.05) is 29.8 Å². The number of carboxylic acids is 1. The predicted octanol–water partition coefficient (Wildman–Crippen LogP) is 4.45. The highest BCUT2D eigenvalue weighted by Crippen LogP contribution is 2.44. The molecule has 2 aromatic rings. The summed E-state index contributed by atoms with van der Waals surface area (Å²) in [5.41, 5.74) is 4.11. The van der Waals surface area contributed by atoms with Gasteiger partial charge in [-0.2, -0.15) is 0 Å². The molecule has 0 saturated heterocycles. The van der Waals surface area contributed by atoms with Crippen molar-refractivity contribution in [1.29, 1.82) is 0 Å². The van der Waals surface area contributed by atoms with Crippen LogP contribution in [-0.2, 0) is 14.3 Å². The number of fused-ring (bicyclic) bond motifs is 3. The van der Waals surface area contributed by atoms with Crippen molar-refractivity contribution in [3.8, 4) is 11.1 Å². The predicted molar refractivity (Wildman–Crippen MR) is 128 cm³/mol. The van der Waals surface area contributed by atoms with E-state index in [2.05, 4.69) is 34.9 Å². The van der Waals surface area contributed by atoms with Gasteiger partial charge in [0.25, 0.3) is 0 Å². The lowest BCUT2D eigenvalue weighted by Crippen LogP contribution is -2.46. The lowest BCUT2D eigenvalue weighted by atomic mass is 9.96. The Bertz CT molecular complexity index is 1030. The van der Waals surface area contributed by atoms with Crippen molar-refractivity contribution in [2.45, 2.75) is 63.5 Å². The van der Waals surface area contributed by atoms with Crippen LogP contribution < -0.4 is 10.6 Å². The van der Waals surface area contributed by atoms with Gasteiger partial charge < -0.3 is 20.5 Å². The van der Waals surface area contributed by atoms with Gasteiger partial charge in [0.05, 0.1) is 0 Å². The van der Waals surface area contributed by atoms with Crippen molar-refractivity contribution < 1.29 is 24.2 Å². The zero-order valence-corrected chi connectivity index (χ0v) is 19.7. The molecule has 3 N–H and O–H groups in total. The zero-order valence-electron chi connectivity index (χ0n) is 19.7. The lowest BCUT2D eigenvalue weighted by molar-refractivity contribution is -0.138. The fraction of sp³-hybridized carbons (Fsp3) is 0.444. The first-order valence-electron chi connectivity index (χ1n) is 11.9. The molecule has 0 bridgehead atoms. The number of alkyl carbamates (subject to hydrolysis) is 1. The van der Waals surface area contributed by atoms with Gasteiger partial charge in [0.2, 0.25) is 5.91 Å². The number of benzene rings is 2. The normalized spacial score (nSPS) is 19.2. The molecule has 2 aliphatic carbocycles. The molecule has 2 aliphatic rings. The average Bonchev–Trinajstić information content (AvgIpc) is 3.39. The minimum Gasteiger partial charge on any atom is -0.481 e. The van der Waals surface area contributed by atoms with E-state index in [0.29, 0.717) is 25.7 Å². The van der Waals surface area contributed by atoms with Gasteiger partial charge >= 0.3 is 12.1 Å². The third kappa shape index (κ3) is 5.41. The summed E-state index contributed by atoms with van der Waals surface area (Å²) in [7, 11) is 0. The van der Waals surface area contributed by atoms with Crippen LogP contribution in [0.25, 0.3) is 11.1 Å². The molecule has 34 heavy (non-hydrogen) atoms. The van der Waals surface area contributed by atoms with E-state index in [1.807, 2.05) is 38.1 Å². The number of ether oxygens (including phenoxy) is 1. The number of carbonyl (C=O) groups is 3. The van der Waals surface area contributed by atoms with E-state index in [-0.39, 0.29) is 36.8 Å². The van der Waals surface area contributed by atoms with E-state index < -0.39 is 17.6 Å². The first kappa shape index (κ1) is 23.8. The maximum atomic E-state index is 12.7. The summed E-state index contributed by atoms with van der Waals surface area (Å²) in [5, 5.41) is 14.8. The van der Waals surface area contributed by atoms with E-state index in [1.54, 1.807) is 0 Å². The smallest absolute Gasteiger partial charge is 0.407 e. The molecule has 7 nitrogen and oxygen atoms in total. The fourth-order valence-electron chi connectivity index (χ4n) is 5.07. The summed E-state index contributed by atoms with van der Waals surface area (Å²) in [6, 6.07) is 16.3. The maximum Gasteiger partial charge on any atom is 0.407 e. The molecule has 1 saturated carbocycles. The summed E-state index contributed by atoms with van der Waals surface area (Å²) >= 11 is 0. The quantitative estimate of drug-likeness (QED) is 0.535. The standard InChI is InChI=1S/C27H32N2O5/c1-27(2,14-13-24(30)31)29-25(32)17-11-12-18(15-17)28-26(33)34-16-23-21-9-5-3-7-19(21)20-8-4-6-10-22(20)23/h3-10,17-18,23H,11-16H2,1-2H3,(H,28,33)(H,29,32)(H,30,31)/t17-,18+/m0/s1. The Hall–Kier alpha value is -3.35. The minimum absolute atomic E-state index is 0.00388. The van der Waals surface area contributed by atoms with Crippen LogP contribution in [0.3, 0.4) is 0 Å². The van der Waals surface area contributed by atoms with Gasteiger partial charge in [-0.05, 0) is 61.8 Å². The first-order chi connectivity index (χ1) is 16.2. The van der Waals surface area contributed by atoms with Crippen molar-refractivity contribution in [3.05, 3.63) is 59.7 Å². The summed E-state index contributed by atoms with van der Waals surface area (Å²) in [6.45, 7) is 3.92. The maximum absolute atomic E-state index is 12.7. The third-order valence-electron chi connectivity index (χ3n) is 6.89. The molecule has 0 spiro atoms. The van der Waals surface area contributed by atoms with Gasteiger partial charge in [-0.15, -0.1) is 0 Å². The molecule has 0 aromatic heterocycles. The number of nitrogens with one attached hydrogen (secondary N) is 2. The van der Waals surface area contributed by atoms with Crippen molar-refractivity contribution in [3.63, 3.8) is 0 Å². The van der Waals surface area contributed by atoms with Gasteiger partial charge in [0.1, 0.15) is 6.61 Å². The van der Waals surface area contributed by atoms with Crippen LogP contribution in [0.4, 0.5) is 4.79 Å². The Morgan fingerprint density at radius 1 is 1.00 bits per heavy atom. The van der Waals surface area contributed by atoms with Crippen molar-refractivity contribution in [2.24, 2.45) is 5.92 Å². The highest BCUT2D eigenvalue weighted by atomic mass is 16.5. The third-order valence-corrected chi connectivity index (χ3v) is 6.89. The summed E-state index contributed by atoms with van der Waals surface area (Å²) in [6.07, 6.45) is 1.83. The molecule has 0 unspecified atom stereocenters. The fourth-order valence-corrected chi connectivity index (χ4v) is 5.07. The number of aliphatic carboxylic acids is 1. The van der Waals surface area contributed by atoms with E-state index in [9.17, 15) is 14.4 Å². The molecule has 0 heterocycles. The largest absolute Gasteiger partial charge is 0.481 e. The SMILES string of the molecule is CC(C)(CCC(=O)O)NC(=O)[C@H]1CC[C@@H](NC(=O)OCC2c3ccccc3-c3ccccc32)C1. The summed E-state index contributed by atoms with van der Waals surface area (Å²) < 4.78 is 5.63. The Labute approximate surface area is 199 Å². The van der Waals surface area contributed by atoms with Gasteiger partial charge in [-0.3, -0.25) is 9.59 Å². The summed E-state index contributed by atoms with van der Waals surface area (Å²) in [5.74, 6) is -1.17. The molecule has 180 valence electrons. The van der Waals surface area contributed by atoms with Crippen LogP contribution >= 0.6 is 0 Å². The monoisotopic (exact) mass is 464 g/mol. The molecular weight excluding hydrogens is 432 g/mol. The second-order valence-corrected chi connectivity index (χ2v) is 9.94. The second kappa shape index (κ2) is 9.87. The van der Waals surface area contributed by atoms with Crippen molar-refractivity contribution in [1.82, 2.24) is 10.6 Å². The molecule has 0 aliphatic heterocycles. The highest BCUT2D eigenvalue weighted by Gasteiger charge is 2.34. The number of carbonyl (C=O) groups excluding carboxylic acids is 2. The van der Waals surface area contributed by atoms with E-state index in [1.165, 1.54) is 22.3 Å². The van der Waals surface area contributed by atoms with Gasteiger partial charge in [0.15, 0.2) is 0 Å². The molecule has 2 atom stereocenters. The molecule has 1 fully saturated rings. The highest BCUT2D eigenvalue weighted by molar-refractivity contribution is 5.80. The Balaban J connectivity index is 1.27. The minimum atomic E-state index is -0.879. The van der Waals surface area contributed by atoms with Crippen LogP contribution in [-0.4, -0.2) is 41.3 Å².